The van der Waals surface area contributed by atoms with Crippen LogP contribution >= 0.6 is 0 Å². The molecule has 30 heavy (non-hydrogen) atoms. The minimum absolute atomic E-state index is 0.0591. The van der Waals surface area contributed by atoms with E-state index >= 15 is 0 Å². The third-order valence-corrected chi connectivity index (χ3v) is 7.86. The minimum Gasteiger partial charge on any atom is -0.595 e. The number of benzene rings is 2. The first-order valence-corrected chi connectivity index (χ1v) is 11.8. The van der Waals surface area contributed by atoms with Gasteiger partial charge in [0.15, 0.2) is 0 Å². The van der Waals surface area contributed by atoms with Crippen molar-refractivity contribution in [2.45, 2.75) is 43.5 Å². The van der Waals surface area contributed by atoms with Crippen molar-refractivity contribution >= 4 is 38.6 Å². The molecule has 0 aromatic heterocycles. The molecule has 1 aliphatic heterocycles. The molecule has 0 saturated heterocycles. The maximum Gasteiger partial charge on any atom is 0.327 e. The molecule has 3 rings (SSSR count). The number of para-hydroxylation sites is 1. The average molecular weight is 449 g/mol. The van der Waals surface area contributed by atoms with Crippen LogP contribution in [0.25, 0.3) is 5.57 Å². The van der Waals surface area contributed by atoms with E-state index < -0.39 is 38.3 Å². The number of hydrogen-bond donors (Lipinski definition) is 0. The maximum atomic E-state index is 13.6. The number of sulfonamides is 1. The molecule has 0 fully saturated rings. The summed E-state index contributed by atoms with van der Waals surface area (Å²) in [6, 6.07) is 14.8. The highest BCUT2D eigenvalue weighted by molar-refractivity contribution is 7.93. The lowest BCUT2D eigenvalue weighted by atomic mass is 10.1. The molecule has 0 N–H and O–H groups in total. The molecule has 0 bridgehead atoms. The Balaban J connectivity index is 2.22. The molecule has 2 atom stereocenters. The molecule has 0 aliphatic carbocycles. The van der Waals surface area contributed by atoms with Crippen LogP contribution in [0.1, 0.15) is 33.3 Å². The summed E-state index contributed by atoms with van der Waals surface area (Å²) >= 11 is -1.88. The van der Waals surface area contributed by atoms with E-state index in [1.165, 1.54) is 19.1 Å². The summed E-state index contributed by atoms with van der Waals surface area (Å²) in [4.78, 5) is 17.2. The first kappa shape index (κ1) is 22.4. The SMILES string of the molecule is C=C1c2ccccc2N(S(=O)(=O)c2ccccc2)[C@@H]1N(OC(C)=O)[S+]([O-])C(C)(C)C. The summed E-state index contributed by atoms with van der Waals surface area (Å²) in [5, 5.41) is 0. The number of fused-ring (bicyclic) bond motifs is 1. The van der Waals surface area contributed by atoms with Gasteiger partial charge in [-0.05, 0) is 39.0 Å². The number of hydroxylamine groups is 1. The highest BCUT2D eigenvalue weighted by atomic mass is 32.2. The summed E-state index contributed by atoms with van der Waals surface area (Å²) < 4.78 is 41.8. The number of carbonyl (C=O) groups is 1. The number of carbonyl (C=O) groups excluding carboxylic acids is 1. The molecule has 2 aromatic rings. The molecule has 0 saturated carbocycles. The first-order chi connectivity index (χ1) is 14.0. The van der Waals surface area contributed by atoms with Gasteiger partial charge in [0.25, 0.3) is 10.0 Å². The third-order valence-electron chi connectivity index (χ3n) is 4.43. The Labute approximate surface area is 180 Å². The highest BCUT2D eigenvalue weighted by Crippen LogP contribution is 2.45. The Hall–Kier alpha value is -2.33. The van der Waals surface area contributed by atoms with Gasteiger partial charge in [0.05, 0.1) is 26.4 Å². The quantitative estimate of drug-likeness (QED) is 0.514. The minimum atomic E-state index is -4.09. The van der Waals surface area contributed by atoms with E-state index in [9.17, 15) is 17.8 Å². The predicted octanol–water partition coefficient (Wildman–Crippen LogP) is 3.48. The molecule has 1 heterocycles. The monoisotopic (exact) mass is 448 g/mol. The number of hydrogen-bond acceptors (Lipinski definition) is 6. The fourth-order valence-electron chi connectivity index (χ4n) is 3.10. The van der Waals surface area contributed by atoms with Gasteiger partial charge in [0.2, 0.25) is 6.17 Å². The molecule has 2 aromatic carbocycles. The molecule has 1 aliphatic rings. The Morgan fingerprint density at radius 3 is 2.27 bits per heavy atom. The van der Waals surface area contributed by atoms with Gasteiger partial charge in [-0.1, -0.05) is 43.0 Å². The van der Waals surface area contributed by atoms with Gasteiger partial charge in [0.1, 0.15) is 4.75 Å². The number of rotatable bonds is 5. The molecule has 0 amide bonds. The molecular weight excluding hydrogens is 424 g/mol. The van der Waals surface area contributed by atoms with Crippen molar-refractivity contribution in [3.63, 3.8) is 0 Å². The second-order valence-electron chi connectivity index (χ2n) is 7.76. The largest absolute Gasteiger partial charge is 0.595 e. The Kier molecular flexibility index (Phi) is 6.01. The average Bonchev–Trinajstić information content (AvgIpc) is 2.99. The Bertz CT molecular complexity index is 1060. The summed E-state index contributed by atoms with van der Waals surface area (Å²) in [5.74, 6) is -0.714. The van der Waals surface area contributed by atoms with Crippen molar-refractivity contribution in [2.75, 3.05) is 4.31 Å². The summed E-state index contributed by atoms with van der Waals surface area (Å²) in [6.45, 7) is 10.4. The van der Waals surface area contributed by atoms with E-state index in [0.717, 1.165) is 8.77 Å². The molecular formula is C21H24N2O5S2. The first-order valence-electron chi connectivity index (χ1n) is 9.23. The van der Waals surface area contributed by atoms with Crippen LogP contribution in [0, 0.1) is 0 Å². The van der Waals surface area contributed by atoms with Gasteiger partial charge in [0, 0.05) is 18.1 Å². The zero-order valence-corrected chi connectivity index (χ0v) is 18.9. The van der Waals surface area contributed by atoms with Crippen molar-refractivity contribution in [1.82, 2.24) is 4.47 Å². The van der Waals surface area contributed by atoms with E-state index in [1.807, 2.05) is 0 Å². The van der Waals surface area contributed by atoms with Crippen LogP contribution in [0.3, 0.4) is 0 Å². The highest BCUT2D eigenvalue weighted by Gasteiger charge is 2.52. The summed E-state index contributed by atoms with van der Waals surface area (Å²) in [5.41, 5.74) is 1.31. The van der Waals surface area contributed by atoms with Crippen molar-refractivity contribution in [3.8, 4) is 0 Å². The third kappa shape index (κ3) is 3.98. The lowest BCUT2D eigenvalue weighted by Crippen LogP contribution is -2.55. The van der Waals surface area contributed by atoms with Crippen LogP contribution in [0.2, 0.25) is 0 Å². The second kappa shape index (κ2) is 8.07. The van der Waals surface area contributed by atoms with Crippen LogP contribution in [-0.2, 0) is 31.0 Å². The van der Waals surface area contributed by atoms with Crippen molar-refractivity contribution in [3.05, 3.63) is 66.7 Å². The van der Waals surface area contributed by atoms with E-state index in [0.29, 0.717) is 16.8 Å². The Morgan fingerprint density at radius 1 is 1.13 bits per heavy atom. The van der Waals surface area contributed by atoms with Crippen LogP contribution in [0.4, 0.5) is 5.69 Å². The normalized spacial score (nSPS) is 17.7. The standard InChI is InChI=1S/C21H24N2O5S2/c1-15-18-13-9-10-14-19(18)22(30(26,27)17-11-7-6-8-12-17)20(15)23(28-16(2)24)29(25)21(3,4)5/h6-14,20H,1H2,2-5H3/t20-,29?/m1/s1. The van der Waals surface area contributed by atoms with Crippen LogP contribution < -0.4 is 4.31 Å². The topological polar surface area (TPSA) is 90.0 Å². The number of nitrogens with zero attached hydrogens (tertiary/aromatic N) is 2. The van der Waals surface area contributed by atoms with Crippen LogP contribution in [0.5, 0.6) is 0 Å². The second-order valence-corrected chi connectivity index (χ2v) is 11.7. The number of anilines is 1. The molecule has 1 unspecified atom stereocenters. The van der Waals surface area contributed by atoms with Crippen LogP contribution in [-0.4, -0.2) is 34.3 Å². The van der Waals surface area contributed by atoms with Gasteiger partial charge in [-0.3, -0.25) is 4.79 Å². The summed E-state index contributed by atoms with van der Waals surface area (Å²) in [7, 11) is -4.09. The maximum absolute atomic E-state index is 13.6. The van der Waals surface area contributed by atoms with Crippen LogP contribution in [0.15, 0.2) is 66.1 Å². The zero-order chi connectivity index (χ0) is 22.3. The molecule has 7 nitrogen and oxygen atoms in total. The fourth-order valence-corrected chi connectivity index (χ4v) is 5.90. The molecule has 0 spiro atoms. The zero-order valence-electron chi connectivity index (χ0n) is 17.2. The summed E-state index contributed by atoms with van der Waals surface area (Å²) in [6.07, 6.45) is -1.20. The van der Waals surface area contributed by atoms with Gasteiger partial charge in [-0.15, -0.1) is 0 Å². The van der Waals surface area contributed by atoms with Gasteiger partial charge in [-0.25, -0.2) is 12.7 Å². The van der Waals surface area contributed by atoms with Crippen molar-refractivity contribution in [1.29, 1.82) is 0 Å². The molecule has 9 heteroatoms. The smallest absolute Gasteiger partial charge is 0.327 e. The molecule has 0 radical (unpaired) electrons. The van der Waals surface area contributed by atoms with E-state index in [2.05, 4.69) is 6.58 Å². The lowest BCUT2D eigenvalue weighted by molar-refractivity contribution is -0.169. The van der Waals surface area contributed by atoms with Crippen molar-refractivity contribution < 1.29 is 22.6 Å². The van der Waals surface area contributed by atoms with E-state index in [4.69, 9.17) is 4.84 Å². The van der Waals surface area contributed by atoms with E-state index in [-0.39, 0.29) is 4.90 Å². The van der Waals surface area contributed by atoms with Gasteiger partial charge in [-0.2, -0.15) is 0 Å². The fraction of sp³-hybridized carbons (Fsp3) is 0.286. The van der Waals surface area contributed by atoms with Crippen molar-refractivity contribution in [2.24, 2.45) is 0 Å². The molecule has 160 valence electrons. The lowest BCUT2D eigenvalue weighted by Gasteiger charge is -2.37. The Morgan fingerprint density at radius 2 is 1.70 bits per heavy atom. The van der Waals surface area contributed by atoms with Gasteiger partial charge < -0.3 is 9.39 Å². The predicted molar refractivity (Wildman–Crippen MR) is 117 cm³/mol. The van der Waals surface area contributed by atoms with Gasteiger partial charge >= 0.3 is 5.97 Å². The van der Waals surface area contributed by atoms with E-state index in [1.54, 1.807) is 63.2 Å².